The number of rotatable bonds is 3. The monoisotopic (exact) mass is 368 g/mol. The molecule has 0 radical (unpaired) electrons. The van der Waals surface area contributed by atoms with Crippen LogP contribution in [0.2, 0.25) is 0 Å². The van der Waals surface area contributed by atoms with Crippen molar-refractivity contribution in [3.8, 4) is 11.1 Å². The Balaban J connectivity index is 1.57. The Bertz CT molecular complexity index is 933. The highest BCUT2D eigenvalue weighted by Crippen LogP contribution is 2.34. The molecule has 1 heterocycles. The number of alkyl halides is 3. The lowest BCUT2D eigenvalue weighted by molar-refractivity contribution is -0.137. The molecule has 1 atom stereocenters. The summed E-state index contributed by atoms with van der Waals surface area (Å²) in [7, 11) is 0. The normalized spacial score (nSPS) is 16.6. The third-order valence-electron chi connectivity index (χ3n) is 5.00. The van der Waals surface area contributed by atoms with Crippen molar-refractivity contribution in [2.24, 2.45) is 0 Å². The molecule has 1 N–H and O–H groups in total. The van der Waals surface area contributed by atoms with Crippen LogP contribution in [0.15, 0.2) is 67.0 Å². The van der Waals surface area contributed by atoms with E-state index in [1.807, 2.05) is 36.7 Å². The number of aryl methyl sites for hydroxylation is 1. The topological polar surface area (TPSA) is 24.9 Å². The highest BCUT2D eigenvalue weighted by atomic mass is 19.4. The van der Waals surface area contributed by atoms with E-state index >= 15 is 0 Å². The Morgan fingerprint density at radius 1 is 0.963 bits per heavy atom. The van der Waals surface area contributed by atoms with Gasteiger partial charge in [0.1, 0.15) is 0 Å². The zero-order valence-electron chi connectivity index (χ0n) is 14.6. The number of hydrogen-bond donors (Lipinski definition) is 1. The first kappa shape index (κ1) is 17.6. The van der Waals surface area contributed by atoms with Crippen LogP contribution in [-0.4, -0.2) is 4.98 Å². The van der Waals surface area contributed by atoms with Gasteiger partial charge < -0.3 is 5.32 Å². The van der Waals surface area contributed by atoms with Crippen LogP contribution in [0.5, 0.6) is 0 Å². The van der Waals surface area contributed by atoms with Crippen molar-refractivity contribution in [2.75, 3.05) is 5.32 Å². The SMILES string of the molecule is FC(F)(F)c1ccc(-c2cccc(NC3CCCc4cnccc43)c2)cc1. The number of anilines is 1. The maximum absolute atomic E-state index is 12.8. The van der Waals surface area contributed by atoms with E-state index < -0.39 is 11.7 Å². The molecule has 0 saturated carbocycles. The Kier molecular flexibility index (Phi) is 4.60. The summed E-state index contributed by atoms with van der Waals surface area (Å²) in [6.07, 6.45) is 2.63. The molecule has 0 aliphatic heterocycles. The molecule has 5 heteroatoms. The van der Waals surface area contributed by atoms with Crippen LogP contribution in [0.4, 0.5) is 18.9 Å². The third-order valence-corrected chi connectivity index (χ3v) is 5.00. The zero-order chi connectivity index (χ0) is 18.9. The summed E-state index contributed by atoms with van der Waals surface area (Å²) in [6, 6.07) is 15.4. The van der Waals surface area contributed by atoms with Crippen molar-refractivity contribution in [1.82, 2.24) is 4.98 Å². The molecule has 1 unspecified atom stereocenters. The van der Waals surface area contributed by atoms with Gasteiger partial charge in [0.05, 0.1) is 11.6 Å². The van der Waals surface area contributed by atoms with Crippen LogP contribution in [0.3, 0.4) is 0 Å². The predicted octanol–water partition coefficient (Wildman–Crippen LogP) is 6.26. The molecule has 4 rings (SSSR count). The number of nitrogens with one attached hydrogen (secondary N) is 1. The molecule has 2 nitrogen and oxygen atoms in total. The summed E-state index contributed by atoms with van der Waals surface area (Å²) in [4.78, 5) is 4.21. The Morgan fingerprint density at radius 3 is 2.56 bits per heavy atom. The number of nitrogens with zero attached hydrogens (tertiary/aromatic N) is 1. The lowest BCUT2D eigenvalue weighted by Gasteiger charge is -2.27. The summed E-state index contributed by atoms with van der Waals surface area (Å²) in [5.41, 5.74) is 4.53. The molecular formula is C22H19F3N2. The van der Waals surface area contributed by atoms with E-state index in [4.69, 9.17) is 0 Å². The maximum Gasteiger partial charge on any atom is 0.416 e. The van der Waals surface area contributed by atoms with Crippen molar-refractivity contribution in [3.05, 3.63) is 83.7 Å². The number of aromatic nitrogens is 1. The second-order valence-electron chi connectivity index (χ2n) is 6.82. The highest BCUT2D eigenvalue weighted by Gasteiger charge is 2.30. The third kappa shape index (κ3) is 3.82. The molecule has 0 spiro atoms. The van der Waals surface area contributed by atoms with Gasteiger partial charge in [-0.1, -0.05) is 24.3 Å². The second kappa shape index (κ2) is 7.06. The number of fused-ring (bicyclic) bond motifs is 1. The molecule has 1 aliphatic rings. The smallest absolute Gasteiger partial charge is 0.378 e. The molecule has 1 aromatic heterocycles. The molecule has 1 aliphatic carbocycles. The quantitative estimate of drug-likeness (QED) is 0.590. The van der Waals surface area contributed by atoms with E-state index in [2.05, 4.69) is 16.4 Å². The van der Waals surface area contributed by atoms with Crippen molar-refractivity contribution >= 4 is 5.69 Å². The van der Waals surface area contributed by atoms with Crippen molar-refractivity contribution in [1.29, 1.82) is 0 Å². The van der Waals surface area contributed by atoms with Gasteiger partial charge in [0.25, 0.3) is 0 Å². The van der Waals surface area contributed by atoms with Gasteiger partial charge in [-0.15, -0.1) is 0 Å². The van der Waals surface area contributed by atoms with Crippen LogP contribution in [0.1, 0.15) is 35.6 Å². The first-order valence-corrected chi connectivity index (χ1v) is 8.98. The first-order valence-electron chi connectivity index (χ1n) is 8.98. The minimum atomic E-state index is -4.31. The molecule has 3 aromatic rings. The van der Waals surface area contributed by atoms with Crippen LogP contribution in [0.25, 0.3) is 11.1 Å². The summed E-state index contributed by atoms with van der Waals surface area (Å²) in [5, 5.41) is 3.58. The number of benzene rings is 2. The summed E-state index contributed by atoms with van der Waals surface area (Å²) in [5.74, 6) is 0. The molecule has 0 amide bonds. The van der Waals surface area contributed by atoms with Gasteiger partial charge in [-0.2, -0.15) is 13.2 Å². The van der Waals surface area contributed by atoms with Gasteiger partial charge in [0.15, 0.2) is 0 Å². The van der Waals surface area contributed by atoms with E-state index in [0.717, 1.165) is 48.2 Å². The summed E-state index contributed by atoms with van der Waals surface area (Å²) in [6.45, 7) is 0. The highest BCUT2D eigenvalue weighted by molar-refractivity contribution is 5.68. The molecular weight excluding hydrogens is 349 g/mol. The van der Waals surface area contributed by atoms with Crippen LogP contribution >= 0.6 is 0 Å². The van der Waals surface area contributed by atoms with Gasteiger partial charge in [0, 0.05) is 18.1 Å². The Labute approximate surface area is 156 Å². The van der Waals surface area contributed by atoms with Gasteiger partial charge in [-0.25, -0.2) is 0 Å². The summed E-state index contributed by atoms with van der Waals surface area (Å²) >= 11 is 0. The predicted molar refractivity (Wildman–Crippen MR) is 100 cm³/mol. The Hall–Kier alpha value is -2.82. The lowest BCUT2D eigenvalue weighted by Crippen LogP contribution is -2.17. The molecule has 0 saturated heterocycles. The van der Waals surface area contributed by atoms with E-state index in [1.54, 1.807) is 0 Å². The minimum Gasteiger partial charge on any atom is -0.378 e. The second-order valence-corrected chi connectivity index (χ2v) is 6.82. The largest absolute Gasteiger partial charge is 0.416 e. The van der Waals surface area contributed by atoms with Crippen molar-refractivity contribution < 1.29 is 13.2 Å². The van der Waals surface area contributed by atoms with Gasteiger partial charge >= 0.3 is 6.18 Å². The van der Waals surface area contributed by atoms with E-state index in [0.29, 0.717) is 0 Å². The van der Waals surface area contributed by atoms with Crippen molar-refractivity contribution in [3.63, 3.8) is 0 Å². The zero-order valence-corrected chi connectivity index (χ0v) is 14.6. The molecule has 27 heavy (non-hydrogen) atoms. The fourth-order valence-corrected chi connectivity index (χ4v) is 3.63. The van der Waals surface area contributed by atoms with Gasteiger partial charge in [-0.05, 0) is 71.8 Å². The lowest BCUT2D eigenvalue weighted by atomic mass is 9.89. The molecule has 138 valence electrons. The van der Waals surface area contributed by atoms with E-state index in [9.17, 15) is 13.2 Å². The van der Waals surface area contributed by atoms with Crippen LogP contribution in [-0.2, 0) is 12.6 Å². The molecule has 0 bridgehead atoms. The van der Waals surface area contributed by atoms with E-state index in [-0.39, 0.29) is 6.04 Å². The van der Waals surface area contributed by atoms with E-state index in [1.165, 1.54) is 23.3 Å². The fraction of sp³-hybridized carbons (Fsp3) is 0.227. The molecule has 2 aromatic carbocycles. The van der Waals surface area contributed by atoms with Gasteiger partial charge in [-0.3, -0.25) is 4.98 Å². The van der Waals surface area contributed by atoms with Crippen LogP contribution in [0, 0.1) is 0 Å². The Morgan fingerprint density at radius 2 is 1.78 bits per heavy atom. The van der Waals surface area contributed by atoms with Crippen LogP contribution < -0.4 is 5.32 Å². The first-order chi connectivity index (χ1) is 13.0. The number of pyridine rings is 1. The number of hydrogen-bond acceptors (Lipinski definition) is 2. The fourth-order valence-electron chi connectivity index (χ4n) is 3.63. The summed E-state index contributed by atoms with van der Waals surface area (Å²) < 4.78 is 38.3. The van der Waals surface area contributed by atoms with Crippen molar-refractivity contribution in [2.45, 2.75) is 31.5 Å². The number of halogens is 3. The minimum absolute atomic E-state index is 0.222. The standard InChI is InChI=1S/C22H19F3N2/c23-22(24,25)18-9-7-15(8-10-18)16-3-1-5-19(13-16)27-21-6-2-4-17-14-26-12-11-20(17)21/h1,3,5,7-14,21,27H,2,4,6H2. The van der Waals surface area contributed by atoms with Gasteiger partial charge in [0.2, 0.25) is 0 Å². The molecule has 0 fully saturated rings. The average molecular weight is 368 g/mol. The maximum atomic E-state index is 12.8. The average Bonchev–Trinajstić information content (AvgIpc) is 2.68.